The molecule has 2 heterocycles. The predicted molar refractivity (Wildman–Crippen MR) is 115 cm³/mol. The van der Waals surface area contributed by atoms with Crippen LogP contribution in [0.15, 0.2) is 30.5 Å². The van der Waals surface area contributed by atoms with Crippen molar-refractivity contribution in [2.24, 2.45) is 5.92 Å². The van der Waals surface area contributed by atoms with E-state index in [2.05, 4.69) is 22.2 Å². The smallest absolute Gasteiger partial charge is 0.259 e. The highest BCUT2D eigenvalue weighted by Crippen LogP contribution is 2.29. The van der Waals surface area contributed by atoms with Crippen LogP contribution in [-0.4, -0.2) is 35.1 Å². The van der Waals surface area contributed by atoms with Crippen molar-refractivity contribution in [1.29, 1.82) is 0 Å². The number of carbonyl (C=O) groups is 1. The Balaban J connectivity index is 1.50. The number of benzene rings is 1. The van der Waals surface area contributed by atoms with Gasteiger partial charge in [0.15, 0.2) is 0 Å². The highest BCUT2D eigenvalue weighted by atomic mass is 16.5. The number of rotatable bonds is 6. The molecule has 2 aliphatic rings. The second kappa shape index (κ2) is 8.80. The number of hydrogen-bond acceptors (Lipinski definition) is 5. The molecule has 0 unspecified atom stereocenters. The molecule has 1 N–H and O–H groups in total. The number of nitrogens with one attached hydrogen (secondary N) is 1. The SMILES string of the molecule is CCN(C(=O)c1ccc2c(c1)CCO2)c1ccnc(N[C@@H](C)C2CCCCC2)n1. The van der Waals surface area contributed by atoms with Crippen LogP contribution in [0, 0.1) is 5.92 Å². The lowest BCUT2D eigenvalue weighted by Gasteiger charge is -2.28. The highest BCUT2D eigenvalue weighted by molar-refractivity contribution is 6.05. The van der Waals surface area contributed by atoms with Crippen molar-refractivity contribution in [3.05, 3.63) is 41.6 Å². The first-order chi connectivity index (χ1) is 14.2. The first-order valence-electron chi connectivity index (χ1n) is 10.8. The molecule has 0 saturated heterocycles. The number of aromatic nitrogens is 2. The zero-order valence-electron chi connectivity index (χ0n) is 17.4. The van der Waals surface area contributed by atoms with Crippen LogP contribution in [0.2, 0.25) is 0 Å². The molecular formula is C23H30N4O2. The zero-order chi connectivity index (χ0) is 20.2. The molecular weight excluding hydrogens is 364 g/mol. The van der Waals surface area contributed by atoms with Crippen LogP contribution < -0.4 is 15.0 Å². The second-order valence-corrected chi connectivity index (χ2v) is 8.04. The number of ether oxygens (including phenoxy) is 1. The van der Waals surface area contributed by atoms with Crippen molar-refractivity contribution in [2.45, 2.75) is 58.4 Å². The van der Waals surface area contributed by atoms with Gasteiger partial charge in [-0.25, -0.2) is 4.98 Å². The van der Waals surface area contributed by atoms with E-state index in [-0.39, 0.29) is 5.91 Å². The van der Waals surface area contributed by atoms with Crippen molar-refractivity contribution < 1.29 is 9.53 Å². The summed E-state index contributed by atoms with van der Waals surface area (Å²) in [7, 11) is 0. The molecule has 1 saturated carbocycles. The molecule has 6 nitrogen and oxygen atoms in total. The first kappa shape index (κ1) is 19.7. The van der Waals surface area contributed by atoms with Gasteiger partial charge in [0.25, 0.3) is 5.91 Å². The van der Waals surface area contributed by atoms with E-state index >= 15 is 0 Å². The van der Waals surface area contributed by atoms with Crippen molar-refractivity contribution in [3.8, 4) is 5.75 Å². The van der Waals surface area contributed by atoms with Crippen molar-refractivity contribution in [1.82, 2.24) is 9.97 Å². The van der Waals surface area contributed by atoms with Gasteiger partial charge in [0.05, 0.1) is 6.61 Å². The monoisotopic (exact) mass is 394 g/mol. The summed E-state index contributed by atoms with van der Waals surface area (Å²) in [5.41, 5.74) is 1.76. The van der Waals surface area contributed by atoms with Gasteiger partial charge in [0.1, 0.15) is 11.6 Å². The topological polar surface area (TPSA) is 67.4 Å². The molecule has 1 atom stereocenters. The lowest BCUT2D eigenvalue weighted by atomic mass is 9.85. The predicted octanol–water partition coefficient (Wildman–Crippen LogP) is 4.46. The van der Waals surface area contributed by atoms with Crippen molar-refractivity contribution in [2.75, 3.05) is 23.4 Å². The molecule has 1 aliphatic carbocycles. The number of nitrogens with zero attached hydrogens (tertiary/aromatic N) is 3. The maximum Gasteiger partial charge on any atom is 0.259 e. The summed E-state index contributed by atoms with van der Waals surface area (Å²) < 4.78 is 5.55. The van der Waals surface area contributed by atoms with Crippen molar-refractivity contribution in [3.63, 3.8) is 0 Å². The maximum atomic E-state index is 13.2. The van der Waals surface area contributed by atoms with Crippen LogP contribution in [0.4, 0.5) is 11.8 Å². The lowest BCUT2D eigenvalue weighted by molar-refractivity contribution is 0.0987. The first-order valence-corrected chi connectivity index (χ1v) is 10.8. The minimum absolute atomic E-state index is 0.0489. The van der Waals surface area contributed by atoms with E-state index in [0.717, 1.165) is 17.7 Å². The molecule has 4 rings (SSSR count). The molecule has 1 fully saturated rings. The Labute approximate surface area is 172 Å². The van der Waals surface area contributed by atoms with Gasteiger partial charge in [-0.2, -0.15) is 4.98 Å². The average Bonchev–Trinajstić information content (AvgIpc) is 3.23. The van der Waals surface area contributed by atoms with E-state index in [1.54, 1.807) is 17.2 Å². The third kappa shape index (κ3) is 4.36. The standard InChI is InChI=1S/C23H30N4O2/c1-3-27(22(28)19-9-10-20-18(15-19)12-14-29-20)21-11-13-24-23(26-21)25-16(2)17-7-5-4-6-8-17/h9-11,13,15-17H,3-8,12,14H2,1-2H3,(H,24,25,26)/t16-/m0/s1. The van der Waals surface area contributed by atoms with Crippen LogP contribution in [0.25, 0.3) is 0 Å². The summed E-state index contributed by atoms with van der Waals surface area (Å²) in [4.78, 5) is 23.9. The number of amides is 1. The number of hydrogen-bond donors (Lipinski definition) is 1. The summed E-state index contributed by atoms with van der Waals surface area (Å²) in [5, 5.41) is 3.47. The van der Waals surface area contributed by atoms with Crippen molar-refractivity contribution >= 4 is 17.7 Å². The Morgan fingerprint density at radius 2 is 2.10 bits per heavy atom. The van der Waals surface area contributed by atoms with E-state index in [9.17, 15) is 4.79 Å². The third-order valence-electron chi connectivity index (χ3n) is 6.13. The minimum Gasteiger partial charge on any atom is -0.493 e. The van der Waals surface area contributed by atoms with E-state index in [1.807, 2.05) is 25.1 Å². The van der Waals surface area contributed by atoms with E-state index in [0.29, 0.717) is 42.4 Å². The van der Waals surface area contributed by atoms with Gasteiger partial charge < -0.3 is 10.1 Å². The fraction of sp³-hybridized carbons (Fsp3) is 0.522. The molecule has 0 spiro atoms. The molecule has 29 heavy (non-hydrogen) atoms. The minimum atomic E-state index is -0.0489. The van der Waals surface area contributed by atoms with Gasteiger partial charge in [0, 0.05) is 30.8 Å². The Morgan fingerprint density at radius 1 is 1.28 bits per heavy atom. The maximum absolute atomic E-state index is 13.2. The van der Waals surface area contributed by atoms with Gasteiger partial charge in [0.2, 0.25) is 5.95 Å². The summed E-state index contributed by atoms with van der Waals surface area (Å²) in [6.45, 7) is 5.40. The van der Waals surface area contributed by atoms with Gasteiger partial charge in [-0.05, 0) is 62.4 Å². The number of fused-ring (bicyclic) bond motifs is 1. The Bertz CT molecular complexity index is 864. The summed E-state index contributed by atoms with van der Waals surface area (Å²) in [6.07, 6.45) is 9.06. The van der Waals surface area contributed by atoms with Gasteiger partial charge in [-0.15, -0.1) is 0 Å². The van der Waals surface area contributed by atoms with Crippen LogP contribution >= 0.6 is 0 Å². The Hall–Kier alpha value is -2.63. The van der Waals surface area contributed by atoms with Crippen LogP contribution in [0.1, 0.15) is 61.9 Å². The number of anilines is 2. The molecule has 1 aromatic heterocycles. The third-order valence-corrected chi connectivity index (χ3v) is 6.13. The zero-order valence-corrected chi connectivity index (χ0v) is 17.4. The van der Waals surface area contributed by atoms with Crippen LogP contribution in [0.5, 0.6) is 5.75 Å². The molecule has 0 bridgehead atoms. The van der Waals surface area contributed by atoms with Gasteiger partial charge in [-0.3, -0.25) is 9.69 Å². The fourth-order valence-corrected chi connectivity index (χ4v) is 4.41. The Morgan fingerprint density at radius 3 is 2.90 bits per heavy atom. The molecule has 1 aromatic carbocycles. The molecule has 1 aliphatic heterocycles. The summed E-state index contributed by atoms with van der Waals surface area (Å²) in [5.74, 6) is 2.72. The molecule has 6 heteroatoms. The normalized spacial score (nSPS) is 17.3. The molecule has 154 valence electrons. The van der Waals surface area contributed by atoms with E-state index in [1.165, 1.54) is 32.1 Å². The second-order valence-electron chi connectivity index (χ2n) is 8.04. The Kier molecular flexibility index (Phi) is 5.97. The fourth-order valence-electron chi connectivity index (χ4n) is 4.41. The quantitative estimate of drug-likeness (QED) is 0.783. The van der Waals surface area contributed by atoms with Gasteiger partial charge in [-0.1, -0.05) is 19.3 Å². The van der Waals surface area contributed by atoms with Crippen LogP contribution in [0.3, 0.4) is 0 Å². The highest BCUT2D eigenvalue weighted by Gasteiger charge is 2.23. The van der Waals surface area contributed by atoms with E-state index < -0.39 is 0 Å². The van der Waals surface area contributed by atoms with E-state index in [4.69, 9.17) is 4.74 Å². The average molecular weight is 395 g/mol. The lowest BCUT2D eigenvalue weighted by Crippen LogP contribution is -2.32. The largest absolute Gasteiger partial charge is 0.493 e. The molecule has 1 amide bonds. The summed E-state index contributed by atoms with van der Waals surface area (Å²) in [6, 6.07) is 7.80. The molecule has 0 radical (unpaired) electrons. The van der Waals surface area contributed by atoms with Crippen LogP contribution in [-0.2, 0) is 6.42 Å². The van der Waals surface area contributed by atoms with Gasteiger partial charge >= 0.3 is 0 Å². The number of carbonyl (C=O) groups excluding carboxylic acids is 1. The molecule has 2 aromatic rings. The summed E-state index contributed by atoms with van der Waals surface area (Å²) >= 11 is 0.